The molecule has 0 bridgehead atoms. The lowest BCUT2D eigenvalue weighted by molar-refractivity contribution is 0.0779. The molecule has 26 heavy (non-hydrogen) atoms. The fourth-order valence-electron chi connectivity index (χ4n) is 3.29. The Morgan fingerprint density at radius 1 is 1.12 bits per heavy atom. The fraction of sp³-hybridized carbons (Fsp3) is 0.444. The highest BCUT2D eigenvalue weighted by Gasteiger charge is 2.23. The van der Waals surface area contributed by atoms with E-state index in [2.05, 4.69) is 4.90 Å². The number of amides is 1. The van der Waals surface area contributed by atoms with Gasteiger partial charge < -0.3 is 23.5 Å². The Balaban J connectivity index is 1.53. The zero-order chi connectivity index (χ0) is 18.1. The van der Waals surface area contributed by atoms with Gasteiger partial charge in [-0.25, -0.2) is 9.59 Å². The van der Waals surface area contributed by atoms with Gasteiger partial charge in [0.25, 0.3) is 0 Å². The molecule has 8 nitrogen and oxygen atoms in total. The molecule has 0 N–H and O–H groups in total. The van der Waals surface area contributed by atoms with Crippen LogP contribution in [0.1, 0.15) is 12.5 Å². The molecule has 0 unspecified atom stereocenters. The molecule has 4 rings (SSSR count). The summed E-state index contributed by atoms with van der Waals surface area (Å²) < 4.78 is 21.1. The van der Waals surface area contributed by atoms with Crippen LogP contribution in [0.3, 0.4) is 0 Å². The molecule has 1 saturated heterocycles. The first-order valence-corrected chi connectivity index (χ1v) is 8.64. The molecular formula is C18H20N2O6. The van der Waals surface area contributed by atoms with E-state index in [-0.39, 0.29) is 12.9 Å². The predicted octanol–water partition coefficient (Wildman–Crippen LogP) is 1.80. The van der Waals surface area contributed by atoms with Gasteiger partial charge in [0.15, 0.2) is 11.5 Å². The molecule has 1 amide bonds. The Bertz CT molecular complexity index is 885. The van der Waals surface area contributed by atoms with E-state index < -0.39 is 5.63 Å². The van der Waals surface area contributed by atoms with E-state index in [9.17, 15) is 9.59 Å². The lowest BCUT2D eigenvalue weighted by Crippen LogP contribution is -2.48. The quantitative estimate of drug-likeness (QED) is 0.772. The number of carbonyl (C=O) groups is 1. The van der Waals surface area contributed by atoms with Crippen molar-refractivity contribution in [1.29, 1.82) is 0 Å². The monoisotopic (exact) mass is 360 g/mol. The van der Waals surface area contributed by atoms with Crippen LogP contribution in [0, 0.1) is 0 Å². The summed E-state index contributed by atoms with van der Waals surface area (Å²) in [7, 11) is 0. The van der Waals surface area contributed by atoms with Gasteiger partial charge in [0, 0.05) is 50.2 Å². The second-order valence-electron chi connectivity index (χ2n) is 6.25. The van der Waals surface area contributed by atoms with Crippen molar-refractivity contribution in [2.24, 2.45) is 0 Å². The van der Waals surface area contributed by atoms with Gasteiger partial charge in [0.05, 0.1) is 6.61 Å². The zero-order valence-corrected chi connectivity index (χ0v) is 14.5. The van der Waals surface area contributed by atoms with Crippen molar-refractivity contribution in [1.82, 2.24) is 9.80 Å². The maximum absolute atomic E-state index is 11.9. The Hall–Kier alpha value is -2.74. The minimum atomic E-state index is -0.392. The highest BCUT2D eigenvalue weighted by molar-refractivity contribution is 5.84. The van der Waals surface area contributed by atoms with E-state index >= 15 is 0 Å². The summed E-state index contributed by atoms with van der Waals surface area (Å²) in [5.41, 5.74) is 0.970. The van der Waals surface area contributed by atoms with Crippen LogP contribution in [0.25, 0.3) is 11.0 Å². The molecule has 1 aromatic carbocycles. The highest BCUT2D eigenvalue weighted by Crippen LogP contribution is 2.36. The van der Waals surface area contributed by atoms with E-state index in [1.54, 1.807) is 17.9 Å². The van der Waals surface area contributed by atoms with E-state index in [0.29, 0.717) is 56.4 Å². The molecule has 3 heterocycles. The molecule has 1 aromatic heterocycles. The SMILES string of the molecule is CCOC(=O)N1CCN(Cc2cc(=O)oc3cc4c(cc23)OCO4)CC1. The first-order valence-electron chi connectivity index (χ1n) is 8.64. The Labute approximate surface area is 149 Å². The number of nitrogens with zero attached hydrogens (tertiary/aromatic N) is 2. The van der Waals surface area contributed by atoms with Gasteiger partial charge in [-0.05, 0) is 18.6 Å². The van der Waals surface area contributed by atoms with Gasteiger partial charge in [-0.15, -0.1) is 0 Å². The predicted molar refractivity (Wildman–Crippen MR) is 92.5 cm³/mol. The normalized spacial score (nSPS) is 16.9. The number of ether oxygens (including phenoxy) is 3. The van der Waals surface area contributed by atoms with Crippen LogP contribution in [0.2, 0.25) is 0 Å². The lowest BCUT2D eigenvalue weighted by Gasteiger charge is -2.34. The number of carbonyl (C=O) groups excluding carboxylic acids is 1. The summed E-state index contributed by atoms with van der Waals surface area (Å²) >= 11 is 0. The van der Waals surface area contributed by atoms with Crippen LogP contribution >= 0.6 is 0 Å². The third-order valence-electron chi connectivity index (χ3n) is 4.62. The minimum Gasteiger partial charge on any atom is -0.454 e. The zero-order valence-electron chi connectivity index (χ0n) is 14.5. The van der Waals surface area contributed by atoms with Crippen molar-refractivity contribution in [2.75, 3.05) is 39.6 Å². The molecular weight excluding hydrogens is 340 g/mol. The van der Waals surface area contributed by atoms with Crippen molar-refractivity contribution < 1.29 is 23.4 Å². The molecule has 2 aromatic rings. The van der Waals surface area contributed by atoms with Gasteiger partial charge in [-0.3, -0.25) is 4.90 Å². The molecule has 0 atom stereocenters. The van der Waals surface area contributed by atoms with Crippen LogP contribution in [-0.2, 0) is 11.3 Å². The Morgan fingerprint density at radius 3 is 2.58 bits per heavy atom. The second kappa shape index (κ2) is 6.87. The Morgan fingerprint density at radius 2 is 1.85 bits per heavy atom. The van der Waals surface area contributed by atoms with Crippen LogP contribution in [0.15, 0.2) is 27.4 Å². The van der Waals surface area contributed by atoms with Crippen molar-refractivity contribution in [2.45, 2.75) is 13.5 Å². The van der Waals surface area contributed by atoms with Crippen LogP contribution in [-0.4, -0.2) is 55.5 Å². The van der Waals surface area contributed by atoms with E-state index in [4.69, 9.17) is 18.6 Å². The number of rotatable bonds is 3. The molecule has 0 radical (unpaired) electrons. The molecule has 2 aliphatic rings. The molecule has 1 fully saturated rings. The standard InChI is InChI=1S/C18H20N2O6/c1-2-23-18(22)20-5-3-19(4-6-20)10-12-7-17(21)26-14-9-16-15(8-13(12)14)24-11-25-16/h7-9H,2-6,10-11H2,1H3. The van der Waals surface area contributed by atoms with Crippen LogP contribution < -0.4 is 15.1 Å². The largest absolute Gasteiger partial charge is 0.454 e. The first kappa shape index (κ1) is 16.7. The number of hydrogen-bond acceptors (Lipinski definition) is 7. The number of piperazine rings is 1. The third-order valence-corrected chi connectivity index (χ3v) is 4.62. The molecule has 0 saturated carbocycles. The summed E-state index contributed by atoms with van der Waals surface area (Å²) in [5.74, 6) is 1.24. The first-order chi connectivity index (χ1) is 12.6. The van der Waals surface area contributed by atoms with Gasteiger partial charge in [-0.2, -0.15) is 0 Å². The lowest BCUT2D eigenvalue weighted by atomic mass is 10.1. The summed E-state index contributed by atoms with van der Waals surface area (Å²) in [6, 6.07) is 5.06. The summed E-state index contributed by atoms with van der Waals surface area (Å²) in [6.07, 6.45) is -0.273. The summed E-state index contributed by atoms with van der Waals surface area (Å²) in [6.45, 7) is 5.57. The third kappa shape index (κ3) is 3.20. The summed E-state index contributed by atoms with van der Waals surface area (Å²) in [5, 5.41) is 0.835. The molecule has 2 aliphatic heterocycles. The molecule has 0 aliphatic carbocycles. The van der Waals surface area contributed by atoms with Gasteiger partial charge in [0.2, 0.25) is 6.79 Å². The topological polar surface area (TPSA) is 81.5 Å². The number of hydrogen-bond donors (Lipinski definition) is 0. The van der Waals surface area contributed by atoms with Gasteiger partial charge >= 0.3 is 11.7 Å². The van der Waals surface area contributed by atoms with Crippen molar-refractivity contribution in [3.8, 4) is 11.5 Å². The van der Waals surface area contributed by atoms with E-state index in [1.165, 1.54) is 6.07 Å². The summed E-state index contributed by atoms with van der Waals surface area (Å²) in [4.78, 5) is 27.6. The van der Waals surface area contributed by atoms with Gasteiger partial charge in [-0.1, -0.05) is 0 Å². The molecule has 8 heteroatoms. The van der Waals surface area contributed by atoms with Crippen LogP contribution in [0.4, 0.5) is 4.79 Å². The molecule has 138 valence electrons. The Kier molecular flexibility index (Phi) is 4.42. The highest BCUT2D eigenvalue weighted by atomic mass is 16.7. The van der Waals surface area contributed by atoms with Crippen molar-refractivity contribution >= 4 is 17.1 Å². The number of benzene rings is 1. The van der Waals surface area contributed by atoms with Crippen LogP contribution in [0.5, 0.6) is 11.5 Å². The van der Waals surface area contributed by atoms with Crippen molar-refractivity contribution in [3.05, 3.63) is 34.2 Å². The van der Waals surface area contributed by atoms with E-state index in [0.717, 1.165) is 10.9 Å². The van der Waals surface area contributed by atoms with E-state index in [1.807, 2.05) is 6.07 Å². The fourth-order valence-corrected chi connectivity index (χ4v) is 3.29. The van der Waals surface area contributed by atoms with Crippen molar-refractivity contribution in [3.63, 3.8) is 0 Å². The average molecular weight is 360 g/mol. The minimum absolute atomic E-state index is 0.168. The molecule has 0 spiro atoms. The maximum Gasteiger partial charge on any atom is 0.409 e. The second-order valence-corrected chi connectivity index (χ2v) is 6.25. The van der Waals surface area contributed by atoms with Gasteiger partial charge in [0.1, 0.15) is 5.58 Å². The maximum atomic E-state index is 11.9. The number of fused-ring (bicyclic) bond motifs is 2. The smallest absolute Gasteiger partial charge is 0.409 e. The average Bonchev–Trinajstić information content (AvgIpc) is 3.08.